The Balaban J connectivity index is 2.09. The summed E-state index contributed by atoms with van der Waals surface area (Å²) in [5, 5.41) is 3.13. The van der Waals surface area contributed by atoms with E-state index in [0.717, 1.165) is 16.7 Å². The molecule has 1 N–H and O–H groups in total. The Kier molecular flexibility index (Phi) is 5.12. The van der Waals surface area contributed by atoms with Crippen LogP contribution in [0.1, 0.15) is 16.7 Å². The summed E-state index contributed by atoms with van der Waals surface area (Å²) < 4.78 is 5.16. The molecule has 2 aromatic rings. The van der Waals surface area contributed by atoms with Gasteiger partial charge in [0.15, 0.2) is 0 Å². The molecule has 5 heteroatoms. The number of ether oxygens (including phenoxy) is 1. The second-order valence-corrected chi connectivity index (χ2v) is 6.43. The molecule has 0 atom stereocenters. The van der Waals surface area contributed by atoms with E-state index in [-0.39, 0.29) is 24.1 Å². The summed E-state index contributed by atoms with van der Waals surface area (Å²) in [6.45, 7) is 7.75. The number of imide groups is 1. The first kappa shape index (κ1) is 18.5. The maximum absolute atomic E-state index is 13.0. The topological polar surface area (TPSA) is 58.6 Å². The number of amides is 2. The fourth-order valence-corrected chi connectivity index (χ4v) is 3.15. The van der Waals surface area contributed by atoms with Crippen LogP contribution in [0.25, 0.3) is 5.57 Å². The van der Waals surface area contributed by atoms with E-state index < -0.39 is 0 Å². The summed E-state index contributed by atoms with van der Waals surface area (Å²) in [7, 11) is 1.59. The van der Waals surface area contributed by atoms with E-state index in [4.69, 9.17) is 4.74 Å². The molecular formula is C22H22N2O3. The van der Waals surface area contributed by atoms with Gasteiger partial charge in [-0.3, -0.25) is 14.5 Å². The van der Waals surface area contributed by atoms with Crippen LogP contribution in [0.15, 0.2) is 60.8 Å². The van der Waals surface area contributed by atoms with Gasteiger partial charge in [-0.15, -0.1) is 6.58 Å². The van der Waals surface area contributed by atoms with E-state index >= 15 is 0 Å². The third kappa shape index (κ3) is 3.49. The van der Waals surface area contributed by atoms with Gasteiger partial charge in [0.25, 0.3) is 11.8 Å². The zero-order valence-corrected chi connectivity index (χ0v) is 15.7. The van der Waals surface area contributed by atoms with Crippen LogP contribution in [-0.4, -0.2) is 30.4 Å². The van der Waals surface area contributed by atoms with Crippen molar-refractivity contribution in [3.63, 3.8) is 0 Å². The van der Waals surface area contributed by atoms with Gasteiger partial charge in [-0.2, -0.15) is 0 Å². The minimum absolute atomic E-state index is 0.167. The molecular weight excluding hydrogens is 340 g/mol. The number of aryl methyl sites for hydroxylation is 2. The van der Waals surface area contributed by atoms with Crippen molar-refractivity contribution in [3.05, 3.63) is 77.5 Å². The molecule has 1 heterocycles. The van der Waals surface area contributed by atoms with E-state index in [0.29, 0.717) is 17.0 Å². The highest BCUT2D eigenvalue weighted by Crippen LogP contribution is 2.32. The normalized spacial score (nSPS) is 14.0. The molecule has 2 amide bonds. The lowest BCUT2D eigenvalue weighted by Gasteiger charge is -2.12. The second-order valence-electron chi connectivity index (χ2n) is 6.43. The number of anilines is 1. The summed E-state index contributed by atoms with van der Waals surface area (Å²) in [4.78, 5) is 27.1. The zero-order chi connectivity index (χ0) is 19.6. The Hall–Kier alpha value is -3.34. The third-order valence-electron chi connectivity index (χ3n) is 4.49. The number of benzene rings is 2. The van der Waals surface area contributed by atoms with E-state index in [9.17, 15) is 9.59 Å². The molecule has 0 unspecified atom stereocenters. The number of hydrogen-bond acceptors (Lipinski definition) is 4. The summed E-state index contributed by atoms with van der Waals surface area (Å²) in [6, 6.07) is 13.0. The van der Waals surface area contributed by atoms with E-state index in [1.807, 2.05) is 32.0 Å². The minimum Gasteiger partial charge on any atom is -0.497 e. The SMILES string of the molecule is C=CCN1C(=O)C(Nc2ccc(OC)cc2)=C(c2ccc(C)cc2C)C1=O. The molecule has 1 aliphatic rings. The number of methoxy groups -OCH3 is 1. The van der Waals surface area contributed by atoms with Crippen molar-refractivity contribution in [2.24, 2.45) is 0 Å². The van der Waals surface area contributed by atoms with Gasteiger partial charge in [0.1, 0.15) is 11.4 Å². The molecule has 0 aliphatic carbocycles. The van der Waals surface area contributed by atoms with Crippen molar-refractivity contribution in [2.45, 2.75) is 13.8 Å². The van der Waals surface area contributed by atoms with Crippen molar-refractivity contribution < 1.29 is 14.3 Å². The Bertz CT molecular complexity index is 943. The van der Waals surface area contributed by atoms with Gasteiger partial charge < -0.3 is 10.1 Å². The Morgan fingerprint density at radius 3 is 2.37 bits per heavy atom. The smallest absolute Gasteiger partial charge is 0.278 e. The summed E-state index contributed by atoms with van der Waals surface area (Å²) in [5.74, 6) is 0.0415. The zero-order valence-electron chi connectivity index (χ0n) is 15.7. The van der Waals surface area contributed by atoms with Crippen LogP contribution >= 0.6 is 0 Å². The highest BCUT2D eigenvalue weighted by Gasteiger charge is 2.39. The summed E-state index contributed by atoms with van der Waals surface area (Å²) >= 11 is 0. The molecule has 0 saturated carbocycles. The van der Waals surface area contributed by atoms with Gasteiger partial charge in [0, 0.05) is 12.2 Å². The van der Waals surface area contributed by atoms with Crippen molar-refractivity contribution in [2.75, 3.05) is 19.0 Å². The van der Waals surface area contributed by atoms with Crippen molar-refractivity contribution >= 4 is 23.1 Å². The lowest BCUT2D eigenvalue weighted by atomic mass is 9.97. The molecule has 27 heavy (non-hydrogen) atoms. The number of hydrogen-bond donors (Lipinski definition) is 1. The second kappa shape index (κ2) is 7.50. The Morgan fingerprint density at radius 2 is 1.78 bits per heavy atom. The van der Waals surface area contributed by atoms with Crippen LogP contribution in [-0.2, 0) is 9.59 Å². The number of carbonyl (C=O) groups is 2. The van der Waals surface area contributed by atoms with Gasteiger partial charge in [-0.05, 0) is 49.2 Å². The first-order valence-corrected chi connectivity index (χ1v) is 8.66. The van der Waals surface area contributed by atoms with Crippen LogP contribution in [0.4, 0.5) is 5.69 Å². The first-order chi connectivity index (χ1) is 13.0. The standard InChI is InChI=1S/C22H22N2O3/c1-5-12-24-21(25)19(18-11-6-14(2)13-15(18)3)20(22(24)26)23-16-7-9-17(27-4)10-8-16/h5-11,13,23H,1,12H2,2-4H3. The molecule has 3 rings (SSSR count). The summed E-state index contributed by atoms with van der Waals surface area (Å²) in [6.07, 6.45) is 1.55. The van der Waals surface area contributed by atoms with Crippen LogP contribution < -0.4 is 10.1 Å². The molecule has 0 bridgehead atoms. The molecule has 0 saturated heterocycles. The highest BCUT2D eigenvalue weighted by atomic mass is 16.5. The number of rotatable bonds is 6. The van der Waals surface area contributed by atoms with Gasteiger partial charge in [-0.1, -0.05) is 29.8 Å². The molecule has 138 valence electrons. The maximum Gasteiger partial charge on any atom is 0.278 e. The number of nitrogens with one attached hydrogen (secondary N) is 1. The van der Waals surface area contributed by atoms with E-state index in [1.54, 1.807) is 37.5 Å². The van der Waals surface area contributed by atoms with Gasteiger partial charge in [0.2, 0.25) is 0 Å². The van der Waals surface area contributed by atoms with Gasteiger partial charge in [-0.25, -0.2) is 0 Å². The Morgan fingerprint density at radius 1 is 1.07 bits per heavy atom. The lowest BCUT2D eigenvalue weighted by Crippen LogP contribution is -2.32. The summed E-state index contributed by atoms with van der Waals surface area (Å²) in [5.41, 5.74) is 4.16. The van der Waals surface area contributed by atoms with E-state index in [1.165, 1.54) is 4.90 Å². The fraction of sp³-hybridized carbons (Fsp3) is 0.182. The average molecular weight is 362 g/mol. The first-order valence-electron chi connectivity index (χ1n) is 8.66. The molecule has 0 fully saturated rings. The van der Waals surface area contributed by atoms with Gasteiger partial charge in [0.05, 0.1) is 12.7 Å². The highest BCUT2D eigenvalue weighted by molar-refractivity contribution is 6.36. The molecule has 2 aromatic carbocycles. The monoisotopic (exact) mass is 362 g/mol. The van der Waals surface area contributed by atoms with Crippen LogP contribution in [0.5, 0.6) is 5.75 Å². The van der Waals surface area contributed by atoms with Crippen LogP contribution in [0, 0.1) is 13.8 Å². The minimum atomic E-state index is -0.356. The molecule has 0 radical (unpaired) electrons. The molecule has 0 spiro atoms. The maximum atomic E-state index is 13.0. The van der Waals surface area contributed by atoms with Crippen molar-refractivity contribution in [3.8, 4) is 5.75 Å². The van der Waals surface area contributed by atoms with Gasteiger partial charge >= 0.3 is 0 Å². The predicted molar refractivity (Wildman–Crippen MR) is 106 cm³/mol. The largest absolute Gasteiger partial charge is 0.497 e. The lowest BCUT2D eigenvalue weighted by molar-refractivity contribution is -0.136. The van der Waals surface area contributed by atoms with Crippen LogP contribution in [0.3, 0.4) is 0 Å². The van der Waals surface area contributed by atoms with Crippen LogP contribution in [0.2, 0.25) is 0 Å². The average Bonchev–Trinajstić information content (AvgIpc) is 2.87. The molecule has 0 aromatic heterocycles. The van der Waals surface area contributed by atoms with Crippen molar-refractivity contribution in [1.29, 1.82) is 0 Å². The Labute approximate surface area is 158 Å². The third-order valence-corrected chi connectivity index (χ3v) is 4.49. The number of nitrogens with zero attached hydrogens (tertiary/aromatic N) is 1. The van der Waals surface area contributed by atoms with E-state index in [2.05, 4.69) is 11.9 Å². The molecule has 1 aliphatic heterocycles. The predicted octanol–water partition coefficient (Wildman–Crippen LogP) is 3.69. The van der Waals surface area contributed by atoms with Crippen molar-refractivity contribution in [1.82, 2.24) is 4.90 Å². The fourth-order valence-electron chi connectivity index (χ4n) is 3.15. The number of carbonyl (C=O) groups excluding carboxylic acids is 2. The molecule has 5 nitrogen and oxygen atoms in total. The quantitative estimate of drug-likeness (QED) is 0.629.